The molecule has 9 nitrogen and oxygen atoms in total. The van der Waals surface area contributed by atoms with Crippen LogP contribution in [0.3, 0.4) is 0 Å². The monoisotopic (exact) mass is 497 g/mol. The number of nitrogens with one attached hydrogen (secondary N) is 1. The summed E-state index contributed by atoms with van der Waals surface area (Å²) in [4.78, 5) is 12.2. The van der Waals surface area contributed by atoms with E-state index in [4.69, 9.17) is 14.2 Å². The van der Waals surface area contributed by atoms with Crippen molar-refractivity contribution in [3.05, 3.63) is 83.9 Å². The van der Waals surface area contributed by atoms with Crippen molar-refractivity contribution in [1.82, 2.24) is 9.73 Å². The Morgan fingerprint density at radius 3 is 2.31 bits per heavy atom. The number of hydrazone groups is 1. The maximum atomic E-state index is 12.9. The number of nitrogens with zero attached hydrogens (tertiary/aromatic N) is 2. The van der Waals surface area contributed by atoms with Gasteiger partial charge in [-0.3, -0.25) is 4.79 Å². The van der Waals surface area contributed by atoms with E-state index in [9.17, 15) is 13.2 Å². The highest BCUT2D eigenvalue weighted by Gasteiger charge is 2.27. The van der Waals surface area contributed by atoms with Crippen LogP contribution in [-0.4, -0.2) is 52.7 Å². The van der Waals surface area contributed by atoms with Gasteiger partial charge in [-0.05, 0) is 47.5 Å². The van der Waals surface area contributed by atoms with Crippen LogP contribution in [0.2, 0.25) is 0 Å². The smallest absolute Gasteiger partial charge is 0.255 e. The Labute approximate surface area is 205 Å². The molecule has 0 unspecified atom stereocenters. The Morgan fingerprint density at radius 1 is 0.971 bits per heavy atom. The van der Waals surface area contributed by atoms with E-state index in [1.165, 1.54) is 39.6 Å². The maximum absolute atomic E-state index is 12.9. The van der Waals surface area contributed by atoms with Crippen LogP contribution in [0.1, 0.15) is 11.1 Å². The van der Waals surface area contributed by atoms with Gasteiger partial charge in [0.1, 0.15) is 28.8 Å². The second kappa shape index (κ2) is 12.0. The number of ether oxygens (including phenoxy) is 3. The molecule has 0 bridgehead atoms. The number of likely N-dealkylation sites (N-methyl/N-ethyl adjacent to an activating group) is 1. The number of hydrogen-bond acceptors (Lipinski definition) is 7. The van der Waals surface area contributed by atoms with Gasteiger partial charge in [0, 0.05) is 13.1 Å². The van der Waals surface area contributed by atoms with E-state index in [-0.39, 0.29) is 10.6 Å². The molecule has 3 rings (SSSR count). The molecular formula is C25H27N3O6S. The molecule has 0 saturated carbocycles. The molecule has 3 aromatic rings. The highest BCUT2D eigenvalue weighted by molar-refractivity contribution is 7.89. The predicted molar refractivity (Wildman–Crippen MR) is 132 cm³/mol. The summed E-state index contributed by atoms with van der Waals surface area (Å²) in [6, 6.07) is 21.4. The van der Waals surface area contributed by atoms with Gasteiger partial charge in [-0.25, -0.2) is 13.8 Å². The van der Waals surface area contributed by atoms with Gasteiger partial charge in [-0.15, -0.1) is 0 Å². The fraction of sp³-hybridized carbons (Fsp3) is 0.200. The van der Waals surface area contributed by atoms with E-state index < -0.39 is 22.5 Å². The first-order valence-electron chi connectivity index (χ1n) is 10.6. The average molecular weight is 498 g/mol. The van der Waals surface area contributed by atoms with E-state index in [0.29, 0.717) is 18.1 Å². The SMILES string of the molecule is COc1ccc(OC)c(S(=O)(=O)N(C)CC(=O)N/N=C\c2ccc(OCc3ccccc3)cc2)c1. The van der Waals surface area contributed by atoms with Crippen molar-refractivity contribution in [2.75, 3.05) is 27.8 Å². The van der Waals surface area contributed by atoms with Gasteiger partial charge in [0.15, 0.2) is 0 Å². The minimum atomic E-state index is -4.02. The first-order valence-corrected chi connectivity index (χ1v) is 12.0. The second-order valence-corrected chi connectivity index (χ2v) is 9.43. The standard InChI is InChI=1S/C25H27N3O6S/c1-28(35(30,31)24-15-22(32-2)13-14-23(24)33-3)17-25(29)27-26-16-19-9-11-21(12-10-19)34-18-20-7-5-4-6-8-20/h4-16H,17-18H2,1-3H3,(H,27,29)/b26-16-. The zero-order valence-electron chi connectivity index (χ0n) is 19.7. The van der Waals surface area contributed by atoms with Crippen LogP contribution in [0.25, 0.3) is 0 Å². The number of hydrogen-bond donors (Lipinski definition) is 1. The van der Waals surface area contributed by atoms with Gasteiger partial charge in [-0.2, -0.15) is 9.41 Å². The molecule has 10 heteroatoms. The first-order chi connectivity index (χ1) is 16.8. The molecule has 0 radical (unpaired) electrons. The van der Waals surface area contributed by atoms with Gasteiger partial charge in [-0.1, -0.05) is 30.3 Å². The minimum Gasteiger partial charge on any atom is -0.497 e. The van der Waals surface area contributed by atoms with E-state index >= 15 is 0 Å². The summed E-state index contributed by atoms with van der Waals surface area (Å²) in [7, 11) is 0.0766. The van der Waals surface area contributed by atoms with Crippen molar-refractivity contribution in [1.29, 1.82) is 0 Å². The number of sulfonamides is 1. The van der Waals surface area contributed by atoms with E-state index in [1.54, 1.807) is 30.3 Å². The summed E-state index contributed by atoms with van der Waals surface area (Å²) in [5.41, 5.74) is 4.14. The molecule has 1 N–H and O–H groups in total. The number of amides is 1. The van der Waals surface area contributed by atoms with Crippen LogP contribution in [0.15, 0.2) is 82.8 Å². The van der Waals surface area contributed by atoms with Crippen molar-refractivity contribution in [3.63, 3.8) is 0 Å². The summed E-state index contributed by atoms with van der Waals surface area (Å²) in [6.07, 6.45) is 1.46. The van der Waals surface area contributed by atoms with E-state index in [0.717, 1.165) is 15.4 Å². The molecule has 0 saturated heterocycles. The number of carbonyl (C=O) groups is 1. The quantitative estimate of drug-likeness (QED) is 0.322. The van der Waals surface area contributed by atoms with Crippen molar-refractivity contribution >= 4 is 22.1 Å². The summed E-state index contributed by atoms with van der Waals surface area (Å²) in [5.74, 6) is 0.599. The molecule has 3 aromatic carbocycles. The molecule has 0 aliphatic heterocycles. The Kier molecular flexibility index (Phi) is 8.82. The predicted octanol–water partition coefficient (Wildman–Crippen LogP) is 3.05. The number of benzene rings is 3. The van der Waals surface area contributed by atoms with Crippen LogP contribution in [0, 0.1) is 0 Å². The number of carbonyl (C=O) groups excluding carboxylic acids is 1. The Balaban J connectivity index is 1.54. The first kappa shape index (κ1) is 25.7. The average Bonchev–Trinajstić information content (AvgIpc) is 2.88. The normalized spacial score (nSPS) is 11.4. The molecule has 1 amide bonds. The van der Waals surface area contributed by atoms with Gasteiger partial charge in [0.2, 0.25) is 10.0 Å². The highest BCUT2D eigenvalue weighted by Crippen LogP contribution is 2.30. The molecule has 0 aliphatic rings. The third-order valence-electron chi connectivity index (χ3n) is 4.96. The van der Waals surface area contributed by atoms with E-state index in [2.05, 4.69) is 10.5 Å². The Hall–Kier alpha value is -3.89. The minimum absolute atomic E-state index is 0.104. The van der Waals surface area contributed by atoms with Crippen LogP contribution in [-0.2, 0) is 21.4 Å². The fourth-order valence-corrected chi connectivity index (χ4v) is 4.34. The maximum Gasteiger partial charge on any atom is 0.255 e. The molecule has 0 aliphatic carbocycles. The topological polar surface area (TPSA) is 107 Å². The zero-order chi connectivity index (χ0) is 25.3. The van der Waals surface area contributed by atoms with Crippen LogP contribution >= 0.6 is 0 Å². The zero-order valence-corrected chi connectivity index (χ0v) is 20.5. The second-order valence-electron chi connectivity index (χ2n) is 7.41. The van der Waals surface area contributed by atoms with Crippen molar-refractivity contribution in [2.24, 2.45) is 5.10 Å². The largest absolute Gasteiger partial charge is 0.497 e. The van der Waals surface area contributed by atoms with Crippen LogP contribution in [0.4, 0.5) is 0 Å². The molecule has 35 heavy (non-hydrogen) atoms. The Bertz CT molecular complexity index is 1260. The number of rotatable bonds is 11. The van der Waals surface area contributed by atoms with Gasteiger partial charge >= 0.3 is 0 Å². The molecule has 0 aromatic heterocycles. The summed E-state index contributed by atoms with van der Waals surface area (Å²) >= 11 is 0. The third-order valence-corrected chi connectivity index (χ3v) is 6.78. The van der Waals surface area contributed by atoms with Crippen molar-refractivity contribution < 1.29 is 27.4 Å². The molecule has 0 heterocycles. The van der Waals surface area contributed by atoms with Crippen molar-refractivity contribution in [2.45, 2.75) is 11.5 Å². The van der Waals surface area contributed by atoms with Gasteiger partial charge < -0.3 is 14.2 Å². The van der Waals surface area contributed by atoms with Crippen molar-refractivity contribution in [3.8, 4) is 17.2 Å². The lowest BCUT2D eigenvalue weighted by molar-refractivity contribution is -0.121. The van der Waals surface area contributed by atoms with Crippen LogP contribution < -0.4 is 19.6 Å². The van der Waals surface area contributed by atoms with Crippen LogP contribution in [0.5, 0.6) is 17.2 Å². The third kappa shape index (κ3) is 7.05. The summed E-state index contributed by atoms with van der Waals surface area (Å²) < 4.78 is 42.8. The molecule has 0 spiro atoms. The lowest BCUT2D eigenvalue weighted by Gasteiger charge is -2.18. The lowest BCUT2D eigenvalue weighted by Crippen LogP contribution is -2.36. The molecular weight excluding hydrogens is 470 g/mol. The fourth-order valence-electron chi connectivity index (χ4n) is 3.05. The Morgan fingerprint density at radius 2 is 1.66 bits per heavy atom. The van der Waals surface area contributed by atoms with Gasteiger partial charge in [0.05, 0.1) is 27.0 Å². The number of methoxy groups -OCH3 is 2. The highest BCUT2D eigenvalue weighted by atomic mass is 32.2. The molecule has 184 valence electrons. The lowest BCUT2D eigenvalue weighted by atomic mass is 10.2. The molecule has 0 atom stereocenters. The summed E-state index contributed by atoms with van der Waals surface area (Å²) in [6.45, 7) is 0.0225. The summed E-state index contributed by atoms with van der Waals surface area (Å²) in [5, 5.41) is 3.90. The van der Waals surface area contributed by atoms with Gasteiger partial charge in [0.25, 0.3) is 5.91 Å². The molecule has 0 fully saturated rings. The van der Waals surface area contributed by atoms with E-state index in [1.807, 2.05) is 30.3 Å².